The van der Waals surface area contributed by atoms with Crippen molar-refractivity contribution in [2.24, 2.45) is 12.8 Å². The molecule has 72 valence electrons. The van der Waals surface area contributed by atoms with Crippen molar-refractivity contribution in [3.8, 4) is 11.1 Å². The molecule has 3 heteroatoms. The fraction of sp³-hybridized carbons (Fsp3) is 0.182. The third-order valence-corrected chi connectivity index (χ3v) is 2.25. The maximum Gasteiger partial charge on any atom is 0.0568 e. The molecule has 0 fully saturated rings. The van der Waals surface area contributed by atoms with Crippen molar-refractivity contribution < 1.29 is 0 Å². The van der Waals surface area contributed by atoms with E-state index in [-0.39, 0.29) is 0 Å². The van der Waals surface area contributed by atoms with Crippen molar-refractivity contribution >= 4 is 0 Å². The van der Waals surface area contributed by atoms with Gasteiger partial charge in [0.2, 0.25) is 0 Å². The number of aryl methyl sites for hydroxylation is 1. The Balaban J connectivity index is 2.50. The summed E-state index contributed by atoms with van der Waals surface area (Å²) in [6.45, 7) is 0.561. The monoisotopic (exact) mass is 187 g/mol. The van der Waals surface area contributed by atoms with Crippen LogP contribution in [0.4, 0.5) is 0 Å². The van der Waals surface area contributed by atoms with Crippen LogP contribution < -0.4 is 5.73 Å². The summed E-state index contributed by atoms with van der Waals surface area (Å²) in [4.78, 5) is 0. The van der Waals surface area contributed by atoms with Crippen molar-refractivity contribution in [1.29, 1.82) is 0 Å². The fourth-order valence-corrected chi connectivity index (χ4v) is 1.54. The molecular weight excluding hydrogens is 174 g/mol. The van der Waals surface area contributed by atoms with E-state index in [1.807, 2.05) is 37.6 Å². The summed E-state index contributed by atoms with van der Waals surface area (Å²) in [6, 6.07) is 8.13. The fourth-order valence-electron chi connectivity index (χ4n) is 1.54. The Hall–Kier alpha value is -1.61. The van der Waals surface area contributed by atoms with E-state index in [1.54, 1.807) is 4.68 Å². The largest absolute Gasteiger partial charge is 0.326 e. The summed E-state index contributed by atoms with van der Waals surface area (Å²) in [5.74, 6) is 0. The molecule has 1 aromatic carbocycles. The second-order valence-electron chi connectivity index (χ2n) is 3.26. The van der Waals surface area contributed by atoms with Crippen molar-refractivity contribution in [1.82, 2.24) is 9.78 Å². The number of nitrogens with zero attached hydrogens (tertiary/aromatic N) is 2. The van der Waals surface area contributed by atoms with Gasteiger partial charge in [0, 0.05) is 25.4 Å². The van der Waals surface area contributed by atoms with Gasteiger partial charge in [-0.3, -0.25) is 4.68 Å². The summed E-state index contributed by atoms with van der Waals surface area (Å²) >= 11 is 0. The minimum Gasteiger partial charge on any atom is -0.326 e. The number of aromatic nitrogens is 2. The molecule has 0 amide bonds. The molecule has 14 heavy (non-hydrogen) atoms. The molecule has 0 saturated carbocycles. The minimum atomic E-state index is 0.561. The van der Waals surface area contributed by atoms with Gasteiger partial charge in [-0.05, 0) is 11.1 Å². The second kappa shape index (κ2) is 3.64. The molecular formula is C11H13N3. The highest BCUT2D eigenvalue weighted by Gasteiger charge is 2.03. The highest BCUT2D eigenvalue weighted by atomic mass is 15.2. The lowest BCUT2D eigenvalue weighted by atomic mass is 10.0. The molecule has 0 atom stereocenters. The van der Waals surface area contributed by atoms with Crippen LogP contribution in [-0.4, -0.2) is 9.78 Å². The Bertz CT molecular complexity index is 432. The summed E-state index contributed by atoms with van der Waals surface area (Å²) in [7, 11) is 1.91. The first-order valence-corrected chi connectivity index (χ1v) is 4.58. The lowest BCUT2D eigenvalue weighted by Gasteiger charge is -2.03. The van der Waals surface area contributed by atoms with Crippen LogP contribution >= 0.6 is 0 Å². The van der Waals surface area contributed by atoms with E-state index >= 15 is 0 Å². The van der Waals surface area contributed by atoms with E-state index in [9.17, 15) is 0 Å². The van der Waals surface area contributed by atoms with E-state index in [0.717, 1.165) is 11.1 Å². The normalized spacial score (nSPS) is 10.4. The lowest BCUT2D eigenvalue weighted by Crippen LogP contribution is -1.98. The summed E-state index contributed by atoms with van der Waals surface area (Å²) in [5, 5.41) is 4.14. The van der Waals surface area contributed by atoms with E-state index in [0.29, 0.717) is 6.54 Å². The molecule has 3 nitrogen and oxygen atoms in total. The zero-order chi connectivity index (χ0) is 9.97. The topological polar surface area (TPSA) is 43.8 Å². The van der Waals surface area contributed by atoms with Crippen LogP contribution in [0.2, 0.25) is 0 Å². The maximum absolute atomic E-state index is 5.67. The van der Waals surface area contributed by atoms with Crippen LogP contribution in [0.5, 0.6) is 0 Å². The molecule has 2 rings (SSSR count). The lowest BCUT2D eigenvalue weighted by molar-refractivity contribution is 0.768. The predicted octanol–water partition coefficient (Wildman–Crippen LogP) is 1.55. The van der Waals surface area contributed by atoms with Crippen LogP contribution in [0.25, 0.3) is 11.1 Å². The molecule has 0 radical (unpaired) electrons. The number of hydrogen-bond donors (Lipinski definition) is 1. The van der Waals surface area contributed by atoms with Gasteiger partial charge in [0.25, 0.3) is 0 Å². The molecule has 0 saturated heterocycles. The Labute approximate surface area is 83.2 Å². The van der Waals surface area contributed by atoms with Crippen molar-refractivity contribution in [2.45, 2.75) is 6.54 Å². The standard InChI is InChI=1S/C11H13N3/c1-14-8-10(7-13-14)11-5-3-2-4-9(11)6-12/h2-5,7-8H,6,12H2,1H3. The van der Waals surface area contributed by atoms with E-state index in [1.165, 1.54) is 5.56 Å². The molecule has 0 spiro atoms. The first-order valence-electron chi connectivity index (χ1n) is 4.58. The van der Waals surface area contributed by atoms with Gasteiger partial charge in [-0.2, -0.15) is 5.10 Å². The van der Waals surface area contributed by atoms with E-state index < -0.39 is 0 Å². The quantitative estimate of drug-likeness (QED) is 0.775. The molecule has 2 N–H and O–H groups in total. The number of rotatable bonds is 2. The average Bonchev–Trinajstić information content (AvgIpc) is 2.65. The van der Waals surface area contributed by atoms with Crippen molar-refractivity contribution in [2.75, 3.05) is 0 Å². The van der Waals surface area contributed by atoms with Gasteiger partial charge in [-0.15, -0.1) is 0 Å². The Kier molecular flexibility index (Phi) is 2.33. The molecule has 0 aliphatic rings. The van der Waals surface area contributed by atoms with Crippen LogP contribution in [0.1, 0.15) is 5.56 Å². The molecule has 1 heterocycles. The Morgan fingerprint density at radius 2 is 2.14 bits per heavy atom. The summed E-state index contributed by atoms with van der Waals surface area (Å²) < 4.78 is 1.79. The van der Waals surface area contributed by atoms with Crippen LogP contribution in [0.3, 0.4) is 0 Å². The van der Waals surface area contributed by atoms with Gasteiger partial charge in [-0.25, -0.2) is 0 Å². The Morgan fingerprint density at radius 1 is 1.36 bits per heavy atom. The third kappa shape index (κ3) is 1.54. The van der Waals surface area contributed by atoms with E-state index in [2.05, 4.69) is 11.2 Å². The molecule has 0 unspecified atom stereocenters. The summed E-state index contributed by atoms with van der Waals surface area (Å²) in [5.41, 5.74) is 9.11. The summed E-state index contributed by atoms with van der Waals surface area (Å²) in [6.07, 6.45) is 3.85. The van der Waals surface area contributed by atoms with Crippen molar-refractivity contribution in [3.63, 3.8) is 0 Å². The van der Waals surface area contributed by atoms with Gasteiger partial charge in [-0.1, -0.05) is 24.3 Å². The Morgan fingerprint density at radius 3 is 2.79 bits per heavy atom. The molecule has 0 aliphatic carbocycles. The van der Waals surface area contributed by atoms with Gasteiger partial charge in [0.1, 0.15) is 0 Å². The van der Waals surface area contributed by atoms with Gasteiger partial charge < -0.3 is 5.73 Å². The second-order valence-corrected chi connectivity index (χ2v) is 3.26. The average molecular weight is 187 g/mol. The number of benzene rings is 1. The SMILES string of the molecule is Cn1cc(-c2ccccc2CN)cn1. The zero-order valence-electron chi connectivity index (χ0n) is 8.14. The zero-order valence-corrected chi connectivity index (χ0v) is 8.14. The van der Waals surface area contributed by atoms with Gasteiger partial charge >= 0.3 is 0 Å². The first-order chi connectivity index (χ1) is 6.81. The van der Waals surface area contributed by atoms with E-state index in [4.69, 9.17) is 5.73 Å². The van der Waals surface area contributed by atoms with Crippen LogP contribution in [0, 0.1) is 0 Å². The molecule has 1 aromatic heterocycles. The predicted molar refractivity (Wildman–Crippen MR) is 56.5 cm³/mol. The van der Waals surface area contributed by atoms with Crippen LogP contribution in [-0.2, 0) is 13.6 Å². The first kappa shape index (κ1) is 8.97. The maximum atomic E-state index is 5.67. The number of nitrogens with two attached hydrogens (primary N) is 1. The highest BCUT2D eigenvalue weighted by molar-refractivity contribution is 5.65. The minimum absolute atomic E-state index is 0.561. The molecule has 0 aliphatic heterocycles. The molecule has 2 aromatic rings. The van der Waals surface area contributed by atoms with Gasteiger partial charge in [0.15, 0.2) is 0 Å². The molecule has 0 bridgehead atoms. The smallest absolute Gasteiger partial charge is 0.0568 e. The third-order valence-electron chi connectivity index (χ3n) is 2.25. The van der Waals surface area contributed by atoms with Crippen LogP contribution in [0.15, 0.2) is 36.7 Å². The number of hydrogen-bond acceptors (Lipinski definition) is 2. The van der Waals surface area contributed by atoms with Gasteiger partial charge in [0.05, 0.1) is 6.20 Å². The highest BCUT2D eigenvalue weighted by Crippen LogP contribution is 2.22. The van der Waals surface area contributed by atoms with Crippen molar-refractivity contribution in [3.05, 3.63) is 42.2 Å².